The molecule has 1 saturated heterocycles. The number of fused-ring (bicyclic) bond motifs is 1. The molecular weight excluding hydrogens is 350 g/mol. The van der Waals surface area contributed by atoms with Crippen molar-refractivity contribution in [1.29, 1.82) is 0 Å². The molecule has 10 nitrogen and oxygen atoms in total. The molecule has 2 aromatic heterocycles. The third kappa shape index (κ3) is 3.59. The van der Waals surface area contributed by atoms with Gasteiger partial charge in [0.2, 0.25) is 11.9 Å². The van der Waals surface area contributed by atoms with Crippen LogP contribution < -0.4 is 21.1 Å². The van der Waals surface area contributed by atoms with Crippen LogP contribution in [0.25, 0.3) is 11.2 Å². The number of nitrogens with one attached hydrogen (secondary N) is 2. The van der Waals surface area contributed by atoms with Crippen molar-refractivity contribution < 1.29 is 9.90 Å². The van der Waals surface area contributed by atoms with Gasteiger partial charge in [-0.3, -0.25) is 18.7 Å². The molecule has 0 saturated carbocycles. The van der Waals surface area contributed by atoms with E-state index in [2.05, 4.69) is 37.3 Å². The number of carbonyl (C=O) groups is 1. The van der Waals surface area contributed by atoms with Crippen molar-refractivity contribution in [3.63, 3.8) is 0 Å². The molecule has 2 aromatic rings. The Bertz CT molecular complexity index is 976. The van der Waals surface area contributed by atoms with E-state index in [9.17, 15) is 9.59 Å². The first-order valence-electron chi connectivity index (χ1n) is 8.76. The zero-order valence-corrected chi connectivity index (χ0v) is 15.6. The predicted octanol–water partition coefficient (Wildman–Crippen LogP) is -0.552. The Balaban J connectivity index is 2.15. The van der Waals surface area contributed by atoms with Gasteiger partial charge in [0.05, 0.1) is 6.54 Å². The van der Waals surface area contributed by atoms with Crippen LogP contribution in [0.15, 0.2) is 4.79 Å². The van der Waals surface area contributed by atoms with Crippen molar-refractivity contribution in [2.75, 3.05) is 36.4 Å². The Hall–Kier alpha value is -3.06. The number of aromatic nitrogens is 4. The fraction of sp³-hybridized carbons (Fsp3) is 0.529. The van der Waals surface area contributed by atoms with Crippen LogP contribution in [0, 0.1) is 11.8 Å². The van der Waals surface area contributed by atoms with Crippen molar-refractivity contribution in [3.05, 3.63) is 10.4 Å². The molecule has 0 amide bonds. The highest BCUT2D eigenvalue weighted by molar-refractivity contribution is 5.78. The van der Waals surface area contributed by atoms with Crippen LogP contribution in [0.5, 0.6) is 0 Å². The predicted molar refractivity (Wildman–Crippen MR) is 102 cm³/mol. The summed E-state index contributed by atoms with van der Waals surface area (Å²) in [4.78, 5) is 35.2. The molecule has 3 heterocycles. The summed E-state index contributed by atoms with van der Waals surface area (Å²) in [5, 5.41) is 15.1. The van der Waals surface area contributed by atoms with Crippen molar-refractivity contribution in [3.8, 4) is 11.8 Å². The van der Waals surface area contributed by atoms with Gasteiger partial charge in [0.1, 0.15) is 6.04 Å². The number of hydrogen-bond donors (Lipinski definition) is 3. The average Bonchev–Trinajstić information content (AvgIpc) is 3.03. The molecule has 0 aliphatic carbocycles. The maximum atomic E-state index is 13.0. The second-order valence-corrected chi connectivity index (χ2v) is 6.34. The van der Waals surface area contributed by atoms with E-state index < -0.39 is 12.0 Å². The third-order valence-electron chi connectivity index (χ3n) is 4.50. The minimum Gasteiger partial charge on any atom is -0.480 e. The fourth-order valence-electron chi connectivity index (χ4n) is 2.95. The molecule has 1 aliphatic rings. The standard InChI is InChI=1S/C17H23N7O3/c1-4-5-8-24-12-13(21-17(24)23-9-6-18-7-10-23)20-16(22(3)14(12)25)19-11(2)15(26)27/h11,18H,6-10H2,1-3H3,(H,19,20)(H,26,27). The van der Waals surface area contributed by atoms with Crippen molar-refractivity contribution in [2.24, 2.45) is 7.05 Å². The molecule has 144 valence electrons. The quantitative estimate of drug-likeness (QED) is 0.598. The molecule has 0 spiro atoms. The third-order valence-corrected chi connectivity index (χ3v) is 4.50. The van der Waals surface area contributed by atoms with E-state index in [0.717, 1.165) is 26.2 Å². The Morgan fingerprint density at radius 2 is 2.07 bits per heavy atom. The van der Waals surface area contributed by atoms with E-state index in [4.69, 9.17) is 5.11 Å². The zero-order valence-electron chi connectivity index (χ0n) is 15.6. The van der Waals surface area contributed by atoms with E-state index in [-0.39, 0.29) is 17.2 Å². The lowest BCUT2D eigenvalue weighted by Gasteiger charge is -2.28. The largest absolute Gasteiger partial charge is 0.480 e. The number of anilines is 2. The van der Waals surface area contributed by atoms with Gasteiger partial charge in [-0.1, -0.05) is 5.92 Å². The number of imidazole rings is 1. The molecule has 1 unspecified atom stereocenters. The SMILES string of the molecule is CC#CCn1c(N2CCNCC2)nc2nc(NC(C)C(=O)O)n(C)c(=O)c21. The lowest BCUT2D eigenvalue weighted by Crippen LogP contribution is -2.44. The minimum absolute atomic E-state index is 0.167. The summed E-state index contributed by atoms with van der Waals surface area (Å²) >= 11 is 0. The summed E-state index contributed by atoms with van der Waals surface area (Å²) in [6.45, 7) is 6.76. The summed E-state index contributed by atoms with van der Waals surface area (Å²) in [5.41, 5.74) is 0.346. The molecule has 1 atom stereocenters. The summed E-state index contributed by atoms with van der Waals surface area (Å²) in [7, 11) is 1.55. The van der Waals surface area contributed by atoms with Crippen LogP contribution in [-0.2, 0) is 18.4 Å². The lowest BCUT2D eigenvalue weighted by atomic mass is 10.3. The van der Waals surface area contributed by atoms with Gasteiger partial charge < -0.3 is 20.6 Å². The number of piperazine rings is 1. The summed E-state index contributed by atoms with van der Waals surface area (Å²) < 4.78 is 3.09. The van der Waals surface area contributed by atoms with Crippen molar-refractivity contribution in [2.45, 2.75) is 26.4 Å². The Morgan fingerprint density at radius 1 is 1.37 bits per heavy atom. The van der Waals surface area contributed by atoms with Gasteiger partial charge in [0.15, 0.2) is 11.2 Å². The zero-order chi connectivity index (χ0) is 19.6. The molecule has 0 radical (unpaired) electrons. The van der Waals surface area contributed by atoms with Crippen LogP contribution >= 0.6 is 0 Å². The molecule has 3 rings (SSSR count). The number of aliphatic carboxylic acids is 1. The Labute approximate surface area is 156 Å². The number of hydrogen-bond acceptors (Lipinski definition) is 7. The number of carboxylic acid groups (broad SMARTS) is 1. The van der Waals surface area contributed by atoms with Gasteiger partial charge in [0, 0.05) is 33.2 Å². The van der Waals surface area contributed by atoms with E-state index in [1.165, 1.54) is 11.5 Å². The van der Waals surface area contributed by atoms with Gasteiger partial charge in [0.25, 0.3) is 5.56 Å². The topological polar surface area (TPSA) is 117 Å². The van der Waals surface area contributed by atoms with Crippen molar-refractivity contribution >= 4 is 29.0 Å². The van der Waals surface area contributed by atoms with Crippen LogP contribution in [0.3, 0.4) is 0 Å². The monoisotopic (exact) mass is 373 g/mol. The highest BCUT2D eigenvalue weighted by Crippen LogP contribution is 2.21. The Kier molecular flexibility index (Phi) is 5.32. The van der Waals surface area contributed by atoms with E-state index >= 15 is 0 Å². The van der Waals surface area contributed by atoms with Gasteiger partial charge in [-0.15, -0.1) is 5.92 Å². The molecule has 27 heavy (non-hydrogen) atoms. The smallest absolute Gasteiger partial charge is 0.325 e. The maximum Gasteiger partial charge on any atom is 0.325 e. The molecular formula is C17H23N7O3. The molecule has 0 bridgehead atoms. The number of rotatable bonds is 5. The summed E-state index contributed by atoms with van der Waals surface area (Å²) in [5.74, 6) is 5.63. The molecule has 1 aliphatic heterocycles. The first kappa shape index (κ1) is 18.7. The number of nitrogens with zero attached hydrogens (tertiary/aromatic N) is 5. The van der Waals surface area contributed by atoms with E-state index in [1.807, 2.05) is 0 Å². The van der Waals surface area contributed by atoms with Crippen LogP contribution in [0.1, 0.15) is 13.8 Å². The number of carboxylic acids is 1. The summed E-state index contributed by atoms with van der Waals surface area (Å²) in [6, 6.07) is -0.888. The maximum absolute atomic E-state index is 13.0. The first-order chi connectivity index (χ1) is 12.9. The van der Waals surface area contributed by atoms with Crippen LogP contribution in [-0.4, -0.2) is 62.4 Å². The molecule has 1 fully saturated rings. The van der Waals surface area contributed by atoms with E-state index in [1.54, 1.807) is 18.5 Å². The van der Waals surface area contributed by atoms with E-state index in [0.29, 0.717) is 18.0 Å². The second kappa shape index (κ2) is 7.67. The molecule has 10 heteroatoms. The molecule has 3 N–H and O–H groups in total. The van der Waals surface area contributed by atoms with Gasteiger partial charge in [-0.05, 0) is 13.8 Å². The Morgan fingerprint density at radius 3 is 2.70 bits per heavy atom. The second-order valence-electron chi connectivity index (χ2n) is 6.34. The minimum atomic E-state index is -1.03. The van der Waals surface area contributed by atoms with Crippen molar-refractivity contribution in [1.82, 2.24) is 24.4 Å². The van der Waals surface area contributed by atoms with Crippen LogP contribution in [0.4, 0.5) is 11.9 Å². The van der Waals surface area contributed by atoms with Gasteiger partial charge in [-0.25, -0.2) is 0 Å². The van der Waals surface area contributed by atoms with Gasteiger partial charge in [-0.2, -0.15) is 9.97 Å². The highest BCUT2D eigenvalue weighted by atomic mass is 16.4. The highest BCUT2D eigenvalue weighted by Gasteiger charge is 2.23. The fourth-order valence-corrected chi connectivity index (χ4v) is 2.95. The normalized spacial score (nSPS) is 15.3. The lowest BCUT2D eigenvalue weighted by molar-refractivity contribution is -0.137. The summed E-state index contributed by atoms with van der Waals surface area (Å²) in [6.07, 6.45) is 0. The first-order valence-corrected chi connectivity index (χ1v) is 8.76. The average molecular weight is 373 g/mol. The van der Waals surface area contributed by atoms with Crippen LogP contribution in [0.2, 0.25) is 0 Å². The van der Waals surface area contributed by atoms with Gasteiger partial charge >= 0.3 is 5.97 Å². The molecule has 0 aromatic carbocycles.